The lowest BCUT2D eigenvalue weighted by Gasteiger charge is -2.26. The lowest BCUT2D eigenvalue weighted by atomic mass is 9.78. The minimum absolute atomic E-state index is 0.106. The molecule has 1 fully saturated rings. The Labute approximate surface area is 154 Å². The van der Waals surface area contributed by atoms with E-state index in [0.717, 1.165) is 17.5 Å². The Balaban J connectivity index is 1.89. The largest absolute Gasteiger partial charge is 0.207 e. The summed E-state index contributed by atoms with van der Waals surface area (Å²) in [7, 11) is 0. The molecule has 130 valence electrons. The van der Waals surface area contributed by atoms with Gasteiger partial charge < -0.3 is 0 Å². The second kappa shape index (κ2) is 6.46. The zero-order valence-corrected chi connectivity index (χ0v) is 15.9. The van der Waals surface area contributed by atoms with Gasteiger partial charge in [-0.3, -0.25) is 0 Å². The topological polar surface area (TPSA) is 23.8 Å². The fourth-order valence-electron chi connectivity index (χ4n) is 3.76. The molecule has 0 radical (unpaired) electrons. The van der Waals surface area contributed by atoms with E-state index in [0.29, 0.717) is 22.4 Å². The third-order valence-electron chi connectivity index (χ3n) is 5.64. The fourth-order valence-corrected chi connectivity index (χ4v) is 3.99. The molecule has 0 bridgehead atoms. The van der Waals surface area contributed by atoms with Crippen molar-refractivity contribution >= 4 is 11.6 Å². The zero-order valence-electron chi connectivity index (χ0n) is 15.1. The van der Waals surface area contributed by atoms with E-state index in [1.807, 2.05) is 24.3 Å². The molecule has 0 N–H and O–H groups in total. The number of nitrogens with zero attached hydrogens (tertiary/aromatic N) is 1. The summed E-state index contributed by atoms with van der Waals surface area (Å²) in [5.74, 6) is 0.893. The maximum atomic E-state index is 14.4. The smallest absolute Gasteiger partial charge is 0.126 e. The van der Waals surface area contributed by atoms with Gasteiger partial charge >= 0.3 is 0 Å². The minimum atomic E-state index is -0.122. The molecule has 25 heavy (non-hydrogen) atoms. The molecular formula is C22H23ClFN. The van der Waals surface area contributed by atoms with E-state index in [4.69, 9.17) is 16.9 Å². The molecule has 2 unspecified atom stereocenters. The van der Waals surface area contributed by atoms with Crippen LogP contribution in [0.1, 0.15) is 68.2 Å². The predicted molar refractivity (Wildman–Crippen MR) is 101 cm³/mol. The van der Waals surface area contributed by atoms with Gasteiger partial charge in [0.25, 0.3) is 0 Å². The molecule has 2 aromatic carbocycles. The van der Waals surface area contributed by atoms with Crippen LogP contribution in [0.3, 0.4) is 0 Å². The highest BCUT2D eigenvalue weighted by molar-refractivity contribution is 6.31. The highest BCUT2D eigenvalue weighted by atomic mass is 35.5. The molecule has 1 nitrogen and oxygen atoms in total. The lowest BCUT2D eigenvalue weighted by molar-refractivity contribution is 0.441. The van der Waals surface area contributed by atoms with Gasteiger partial charge in [0, 0.05) is 0 Å². The Morgan fingerprint density at radius 3 is 2.52 bits per heavy atom. The van der Waals surface area contributed by atoms with Crippen molar-refractivity contribution in [2.24, 2.45) is 5.92 Å². The Morgan fingerprint density at radius 1 is 1.20 bits per heavy atom. The summed E-state index contributed by atoms with van der Waals surface area (Å²) in [5, 5.41) is 9.53. The van der Waals surface area contributed by atoms with Crippen LogP contribution in [0, 0.1) is 23.1 Å². The first kappa shape index (κ1) is 18.0. The summed E-state index contributed by atoms with van der Waals surface area (Å²) in [6.45, 7) is 8.62. The van der Waals surface area contributed by atoms with Crippen molar-refractivity contribution in [2.45, 2.75) is 51.4 Å². The predicted octanol–water partition coefficient (Wildman–Crippen LogP) is 6.56. The van der Waals surface area contributed by atoms with E-state index >= 15 is 0 Å². The van der Waals surface area contributed by atoms with Crippen LogP contribution in [0.4, 0.5) is 4.39 Å². The Hall–Kier alpha value is -1.85. The minimum Gasteiger partial charge on any atom is -0.207 e. The van der Waals surface area contributed by atoms with Crippen molar-refractivity contribution in [1.82, 2.24) is 0 Å². The van der Waals surface area contributed by atoms with Gasteiger partial charge in [-0.05, 0) is 64.5 Å². The standard InChI is InChI=1S/C22H23ClFN/c1-13(2)14-6-8-21(24)18(9-14)17-11-19(17)22(3,4)16-7-5-15(12-25)20(23)10-16/h5-10,13,17,19H,11H2,1-4H3. The number of benzene rings is 2. The van der Waals surface area contributed by atoms with Crippen molar-refractivity contribution in [3.63, 3.8) is 0 Å². The number of hydrogen-bond acceptors (Lipinski definition) is 1. The molecular weight excluding hydrogens is 333 g/mol. The summed E-state index contributed by atoms with van der Waals surface area (Å²) in [4.78, 5) is 0. The number of hydrogen-bond donors (Lipinski definition) is 0. The highest BCUT2D eigenvalue weighted by Crippen LogP contribution is 2.58. The van der Waals surface area contributed by atoms with Crippen LogP contribution in [0.2, 0.25) is 5.02 Å². The van der Waals surface area contributed by atoms with Crippen LogP contribution < -0.4 is 0 Å². The second-order valence-corrected chi connectivity index (χ2v) is 8.32. The van der Waals surface area contributed by atoms with E-state index in [2.05, 4.69) is 33.8 Å². The summed E-state index contributed by atoms with van der Waals surface area (Å²) >= 11 is 6.21. The Bertz CT molecular complexity index is 848. The molecule has 2 atom stereocenters. The molecule has 0 saturated heterocycles. The van der Waals surface area contributed by atoms with Gasteiger partial charge in [-0.15, -0.1) is 0 Å². The molecule has 1 saturated carbocycles. The van der Waals surface area contributed by atoms with Crippen molar-refractivity contribution < 1.29 is 4.39 Å². The van der Waals surface area contributed by atoms with Crippen molar-refractivity contribution in [1.29, 1.82) is 5.26 Å². The summed E-state index contributed by atoms with van der Waals surface area (Å²) in [6.07, 6.45) is 0.975. The monoisotopic (exact) mass is 355 g/mol. The maximum Gasteiger partial charge on any atom is 0.126 e. The molecule has 2 aromatic rings. The third kappa shape index (κ3) is 3.31. The third-order valence-corrected chi connectivity index (χ3v) is 5.95. The summed E-state index contributed by atoms with van der Waals surface area (Å²) in [5.41, 5.74) is 3.49. The van der Waals surface area contributed by atoms with Gasteiger partial charge in [0.2, 0.25) is 0 Å². The van der Waals surface area contributed by atoms with E-state index in [-0.39, 0.29) is 17.2 Å². The van der Waals surface area contributed by atoms with Crippen molar-refractivity contribution in [3.05, 3.63) is 69.5 Å². The molecule has 3 rings (SSSR count). The van der Waals surface area contributed by atoms with Crippen LogP contribution in [-0.2, 0) is 5.41 Å². The van der Waals surface area contributed by atoms with Crippen LogP contribution >= 0.6 is 11.6 Å². The van der Waals surface area contributed by atoms with E-state index in [1.54, 1.807) is 12.1 Å². The van der Waals surface area contributed by atoms with Gasteiger partial charge in [0.05, 0.1) is 10.6 Å². The van der Waals surface area contributed by atoms with E-state index in [9.17, 15) is 4.39 Å². The molecule has 3 heteroatoms. The average molecular weight is 356 g/mol. The van der Waals surface area contributed by atoms with Crippen LogP contribution in [0.15, 0.2) is 36.4 Å². The molecule has 0 aliphatic heterocycles. The zero-order chi connectivity index (χ0) is 18.4. The van der Waals surface area contributed by atoms with Gasteiger partial charge in [-0.1, -0.05) is 57.5 Å². The molecule has 0 aromatic heterocycles. The lowest BCUT2D eigenvalue weighted by Crippen LogP contribution is -2.21. The summed E-state index contributed by atoms with van der Waals surface area (Å²) in [6, 6.07) is 13.2. The summed E-state index contributed by atoms with van der Waals surface area (Å²) < 4.78 is 14.4. The number of halogens is 2. The van der Waals surface area contributed by atoms with Crippen LogP contribution in [-0.4, -0.2) is 0 Å². The molecule has 0 amide bonds. The van der Waals surface area contributed by atoms with Gasteiger partial charge in [0.15, 0.2) is 0 Å². The molecule has 0 spiro atoms. The number of nitriles is 1. The van der Waals surface area contributed by atoms with E-state index < -0.39 is 0 Å². The fraction of sp³-hybridized carbons (Fsp3) is 0.409. The molecule has 1 aliphatic carbocycles. The normalized spacial score (nSPS) is 19.8. The highest BCUT2D eigenvalue weighted by Gasteiger charge is 2.49. The van der Waals surface area contributed by atoms with E-state index in [1.165, 1.54) is 5.56 Å². The SMILES string of the molecule is CC(C)c1ccc(F)c(C2CC2C(C)(C)c2ccc(C#N)c(Cl)c2)c1. The number of rotatable bonds is 4. The van der Waals surface area contributed by atoms with Crippen LogP contribution in [0.5, 0.6) is 0 Å². The average Bonchev–Trinajstić information content (AvgIpc) is 3.36. The molecule has 1 aliphatic rings. The van der Waals surface area contributed by atoms with Gasteiger partial charge in [-0.25, -0.2) is 4.39 Å². The van der Waals surface area contributed by atoms with Gasteiger partial charge in [-0.2, -0.15) is 5.26 Å². The van der Waals surface area contributed by atoms with Crippen molar-refractivity contribution in [3.8, 4) is 6.07 Å². The van der Waals surface area contributed by atoms with Crippen LogP contribution in [0.25, 0.3) is 0 Å². The molecule has 0 heterocycles. The first-order valence-electron chi connectivity index (χ1n) is 8.75. The van der Waals surface area contributed by atoms with Gasteiger partial charge in [0.1, 0.15) is 11.9 Å². The Morgan fingerprint density at radius 2 is 1.92 bits per heavy atom. The second-order valence-electron chi connectivity index (χ2n) is 7.91. The Kier molecular flexibility index (Phi) is 4.64. The van der Waals surface area contributed by atoms with Crippen molar-refractivity contribution in [2.75, 3.05) is 0 Å². The first-order chi connectivity index (χ1) is 11.8. The maximum absolute atomic E-state index is 14.4. The quantitative estimate of drug-likeness (QED) is 0.609. The first-order valence-corrected chi connectivity index (χ1v) is 9.13.